The van der Waals surface area contributed by atoms with E-state index in [-0.39, 0.29) is 14.9 Å². The summed E-state index contributed by atoms with van der Waals surface area (Å²) in [4.78, 5) is 19.0. The van der Waals surface area contributed by atoms with Gasteiger partial charge in [-0.15, -0.1) is 0 Å². The van der Waals surface area contributed by atoms with Gasteiger partial charge in [0.1, 0.15) is 0 Å². The lowest BCUT2D eigenvalue weighted by molar-refractivity contribution is 0.133. The molecule has 15 heavy (non-hydrogen) atoms. The molecule has 0 aromatic carbocycles. The second-order valence-corrected chi connectivity index (χ2v) is 16.2. The maximum Gasteiger partial charge on any atom is 0.652 e. The molecule has 0 fully saturated rings. The Morgan fingerprint density at radius 3 is 1.00 bits per heavy atom. The summed E-state index contributed by atoms with van der Waals surface area (Å²) in [6, 6.07) is 0. The zero-order chi connectivity index (χ0) is 10.9. The summed E-state index contributed by atoms with van der Waals surface area (Å²) in [6.07, 6.45) is 0. The first kappa shape index (κ1) is 20.8. The average molecular weight is 273 g/mol. The lowest BCUT2D eigenvalue weighted by Crippen LogP contribution is -2.55. The Balaban J connectivity index is -0.000000720. The largest absolute Gasteiger partial charge is 0.652 e. The van der Waals surface area contributed by atoms with Crippen molar-refractivity contribution in [1.82, 2.24) is 0 Å². The molecule has 0 bridgehead atoms. The third kappa shape index (κ3) is 14.5. The van der Waals surface area contributed by atoms with Crippen LogP contribution < -0.4 is 0 Å². The van der Waals surface area contributed by atoms with E-state index in [1.807, 2.05) is 39.3 Å². The van der Waals surface area contributed by atoms with Crippen molar-refractivity contribution < 1.29 is 17.8 Å². The minimum atomic E-state index is -3.85. The summed E-state index contributed by atoms with van der Waals surface area (Å²) in [5.41, 5.74) is 0. The molecule has 0 aromatic rings. The Kier molecular flexibility index (Phi) is 8.73. The van der Waals surface area contributed by atoms with Crippen molar-refractivity contribution in [3.63, 3.8) is 0 Å². The first-order valence-corrected chi connectivity index (χ1v) is 12.8. The van der Waals surface area contributed by atoms with Crippen LogP contribution in [0.1, 0.15) is 14.9 Å². The van der Waals surface area contributed by atoms with Crippen LogP contribution in [0.5, 0.6) is 0 Å². The van der Waals surface area contributed by atoms with Crippen molar-refractivity contribution in [2.75, 3.05) is 0 Å². The quantitative estimate of drug-likeness (QED) is 0.772. The van der Waals surface area contributed by atoms with Crippen molar-refractivity contribution in [1.29, 1.82) is 0 Å². The third-order valence-electron chi connectivity index (χ3n) is 0.878. The highest BCUT2D eigenvalue weighted by atomic mass is 28.5. The molecule has 0 aliphatic rings. The van der Waals surface area contributed by atoms with E-state index in [0.717, 1.165) is 0 Å². The fourth-order valence-corrected chi connectivity index (χ4v) is 7.74. The van der Waals surface area contributed by atoms with Gasteiger partial charge in [0.05, 0.1) is 0 Å². The molecule has 0 atom stereocenters. The van der Waals surface area contributed by atoms with Crippen LogP contribution in [0.3, 0.4) is 0 Å². The Morgan fingerprint density at radius 1 is 0.667 bits per heavy atom. The van der Waals surface area contributed by atoms with Crippen molar-refractivity contribution in [3.8, 4) is 0 Å². The smallest absolute Gasteiger partial charge is 0.395 e. The molecule has 96 valence electrons. The fraction of sp³-hybridized carbons (Fsp3) is 1.00. The molecule has 0 radical (unpaired) electrons. The van der Waals surface area contributed by atoms with Gasteiger partial charge in [0.15, 0.2) is 16.6 Å². The van der Waals surface area contributed by atoms with Gasteiger partial charge in [-0.05, 0) is 39.3 Å². The van der Waals surface area contributed by atoms with Gasteiger partial charge < -0.3 is 17.8 Å². The van der Waals surface area contributed by atoms with E-state index in [0.29, 0.717) is 0 Å². The topological polar surface area (TPSA) is 58.9 Å². The molecule has 0 saturated heterocycles. The minimum absolute atomic E-state index is 0. The minimum Gasteiger partial charge on any atom is -0.395 e. The van der Waals surface area contributed by atoms with Crippen molar-refractivity contribution >= 4 is 25.7 Å². The molecule has 0 amide bonds. The molecule has 0 aliphatic carbocycles. The van der Waals surface area contributed by atoms with Gasteiger partial charge in [-0.2, -0.15) is 0 Å². The van der Waals surface area contributed by atoms with Crippen LogP contribution in [0, 0.1) is 0 Å². The zero-order valence-electron chi connectivity index (χ0n) is 9.21. The Morgan fingerprint density at radius 2 is 0.867 bits per heavy atom. The molecule has 0 unspecified atom stereocenters. The standard InChI is InChI=1S/C6H20O4Si3.2CH4/c1-11(2,3)9-13(7,8)10-12(4,5)6;;/h7-8H,1-6H3;2*1H4. The summed E-state index contributed by atoms with van der Waals surface area (Å²) in [5, 5.41) is 0. The molecular weight excluding hydrogens is 244 g/mol. The van der Waals surface area contributed by atoms with Gasteiger partial charge >= 0.3 is 9.05 Å². The molecule has 7 heteroatoms. The van der Waals surface area contributed by atoms with Gasteiger partial charge in [0.25, 0.3) is 0 Å². The van der Waals surface area contributed by atoms with Crippen LogP contribution >= 0.6 is 0 Å². The van der Waals surface area contributed by atoms with E-state index in [1.165, 1.54) is 0 Å². The van der Waals surface area contributed by atoms with E-state index < -0.39 is 25.7 Å². The SMILES string of the molecule is C.C.C[Si](C)(C)O[Si](O)(O)O[Si](C)(C)C. The summed E-state index contributed by atoms with van der Waals surface area (Å²) >= 11 is 0. The number of hydrogen-bond donors (Lipinski definition) is 2. The van der Waals surface area contributed by atoms with E-state index in [2.05, 4.69) is 0 Å². The predicted molar refractivity (Wildman–Crippen MR) is 72.5 cm³/mol. The molecule has 0 aliphatic heterocycles. The first-order valence-electron chi connectivity index (χ1n) is 4.26. The average Bonchev–Trinajstić information content (AvgIpc) is 1.43. The third-order valence-corrected chi connectivity index (χ3v) is 7.90. The van der Waals surface area contributed by atoms with Crippen molar-refractivity contribution in [2.24, 2.45) is 0 Å². The first-order chi connectivity index (χ1) is 5.41. The summed E-state index contributed by atoms with van der Waals surface area (Å²) in [6.45, 7) is 11.4. The van der Waals surface area contributed by atoms with Crippen LogP contribution in [0.15, 0.2) is 0 Å². The molecule has 4 nitrogen and oxygen atoms in total. The Bertz CT molecular complexity index is 154. The maximum absolute atomic E-state index is 9.51. The second-order valence-electron chi connectivity index (χ2n) is 4.98. The van der Waals surface area contributed by atoms with Gasteiger partial charge in [0.2, 0.25) is 0 Å². The summed E-state index contributed by atoms with van der Waals surface area (Å²) in [7, 11) is -7.72. The van der Waals surface area contributed by atoms with Crippen LogP contribution in [0.4, 0.5) is 0 Å². The van der Waals surface area contributed by atoms with Crippen LogP contribution in [0.2, 0.25) is 39.3 Å². The fourth-order valence-electron chi connectivity index (χ4n) is 0.819. The molecular formula is C8H28O4Si3. The molecule has 2 N–H and O–H groups in total. The van der Waals surface area contributed by atoms with Crippen LogP contribution in [-0.4, -0.2) is 35.3 Å². The maximum atomic E-state index is 9.51. The van der Waals surface area contributed by atoms with Gasteiger partial charge in [-0.25, -0.2) is 0 Å². The molecule has 0 spiro atoms. The highest BCUT2D eigenvalue weighted by Gasteiger charge is 2.44. The van der Waals surface area contributed by atoms with E-state index in [1.54, 1.807) is 0 Å². The molecule has 0 saturated carbocycles. The summed E-state index contributed by atoms with van der Waals surface area (Å²) < 4.78 is 10.4. The molecule has 0 aromatic heterocycles. The monoisotopic (exact) mass is 272 g/mol. The van der Waals surface area contributed by atoms with Crippen LogP contribution in [-0.2, 0) is 8.23 Å². The van der Waals surface area contributed by atoms with Crippen molar-refractivity contribution in [2.45, 2.75) is 54.1 Å². The van der Waals surface area contributed by atoms with Gasteiger partial charge in [0, 0.05) is 0 Å². The Labute approximate surface area is 98.0 Å². The number of rotatable bonds is 4. The summed E-state index contributed by atoms with van der Waals surface area (Å²) in [5.74, 6) is 0. The van der Waals surface area contributed by atoms with Gasteiger partial charge in [-0.1, -0.05) is 14.9 Å². The van der Waals surface area contributed by atoms with Gasteiger partial charge in [-0.3, -0.25) is 0 Å². The van der Waals surface area contributed by atoms with E-state index in [9.17, 15) is 9.59 Å². The zero-order valence-corrected chi connectivity index (χ0v) is 12.2. The normalized spacial score (nSPS) is 12.8. The molecule has 0 rings (SSSR count). The predicted octanol–water partition coefficient (Wildman–Crippen LogP) is 2.38. The Hall–Kier alpha value is 0.491. The highest BCUT2D eigenvalue weighted by molar-refractivity contribution is 6.82. The van der Waals surface area contributed by atoms with E-state index >= 15 is 0 Å². The lowest BCUT2D eigenvalue weighted by atomic mass is 11.8. The second kappa shape index (κ2) is 6.28. The highest BCUT2D eigenvalue weighted by Crippen LogP contribution is 2.15. The van der Waals surface area contributed by atoms with Crippen LogP contribution in [0.25, 0.3) is 0 Å². The molecule has 0 heterocycles. The number of hydrogen-bond acceptors (Lipinski definition) is 4. The lowest BCUT2D eigenvalue weighted by Gasteiger charge is -2.30. The van der Waals surface area contributed by atoms with Crippen molar-refractivity contribution in [3.05, 3.63) is 0 Å². The van der Waals surface area contributed by atoms with E-state index in [4.69, 9.17) is 8.23 Å².